The summed E-state index contributed by atoms with van der Waals surface area (Å²) in [7, 11) is -2.00. The number of amides is 2. The molecule has 1 aliphatic rings. The third-order valence-corrected chi connectivity index (χ3v) is 8.02. The molecule has 1 atom stereocenters. The minimum atomic E-state index is -3.55. The molecular formula is C28H39N3O5S. The van der Waals surface area contributed by atoms with Gasteiger partial charge in [0, 0.05) is 25.6 Å². The number of anilines is 1. The van der Waals surface area contributed by atoms with E-state index in [0.29, 0.717) is 24.4 Å². The number of hydrogen-bond acceptors (Lipinski definition) is 5. The number of hydrogen-bond donors (Lipinski definition) is 1. The standard InChI is InChI=1S/C28H39N3O5S/c1-22(28(33)29-24-13-8-5-9-14-24)30(21-23-11-6-4-7-12-23)27(32)15-10-20-31(37(3,34)35)25-16-18-26(36-2)19-17-25/h4,6-7,11-12,16-19,22,24H,5,8-10,13-15,20-21H2,1-3H3,(H,29,33). The van der Waals surface area contributed by atoms with Gasteiger partial charge in [0.15, 0.2) is 0 Å². The highest BCUT2D eigenvalue weighted by molar-refractivity contribution is 7.92. The molecule has 0 bridgehead atoms. The molecule has 0 spiro atoms. The van der Waals surface area contributed by atoms with Gasteiger partial charge < -0.3 is 15.0 Å². The van der Waals surface area contributed by atoms with Crippen LogP contribution in [0.1, 0.15) is 57.4 Å². The molecule has 3 rings (SSSR count). The van der Waals surface area contributed by atoms with E-state index in [1.165, 1.54) is 10.7 Å². The molecule has 2 amide bonds. The summed E-state index contributed by atoms with van der Waals surface area (Å²) in [5, 5.41) is 3.13. The third kappa shape index (κ3) is 8.49. The molecule has 0 heterocycles. The van der Waals surface area contributed by atoms with Crippen molar-refractivity contribution < 1.29 is 22.7 Å². The van der Waals surface area contributed by atoms with E-state index in [9.17, 15) is 18.0 Å². The Balaban J connectivity index is 1.68. The lowest BCUT2D eigenvalue weighted by Gasteiger charge is -2.31. The lowest BCUT2D eigenvalue weighted by molar-refractivity contribution is -0.141. The fraction of sp³-hybridized carbons (Fsp3) is 0.500. The van der Waals surface area contributed by atoms with Crippen molar-refractivity contribution >= 4 is 27.5 Å². The topological polar surface area (TPSA) is 96.0 Å². The number of carbonyl (C=O) groups is 2. The number of nitrogens with one attached hydrogen (secondary N) is 1. The molecule has 0 aliphatic heterocycles. The van der Waals surface area contributed by atoms with Gasteiger partial charge in [-0.25, -0.2) is 8.42 Å². The fourth-order valence-corrected chi connectivity index (χ4v) is 5.65. The van der Waals surface area contributed by atoms with Gasteiger partial charge in [0.2, 0.25) is 21.8 Å². The van der Waals surface area contributed by atoms with Crippen LogP contribution in [0.2, 0.25) is 0 Å². The van der Waals surface area contributed by atoms with Gasteiger partial charge in [0.05, 0.1) is 19.1 Å². The molecule has 0 radical (unpaired) electrons. The van der Waals surface area contributed by atoms with Gasteiger partial charge in [-0.3, -0.25) is 13.9 Å². The van der Waals surface area contributed by atoms with E-state index in [4.69, 9.17) is 4.74 Å². The van der Waals surface area contributed by atoms with Gasteiger partial charge in [-0.05, 0) is 56.0 Å². The van der Waals surface area contributed by atoms with Crippen LogP contribution in [0.15, 0.2) is 54.6 Å². The van der Waals surface area contributed by atoms with Crippen molar-refractivity contribution in [2.75, 3.05) is 24.2 Å². The number of ether oxygens (including phenoxy) is 1. The van der Waals surface area contributed by atoms with Gasteiger partial charge >= 0.3 is 0 Å². The Labute approximate surface area is 221 Å². The largest absolute Gasteiger partial charge is 0.497 e. The van der Waals surface area contributed by atoms with E-state index in [1.807, 2.05) is 30.3 Å². The zero-order chi connectivity index (χ0) is 26.8. The summed E-state index contributed by atoms with van der Waals surface area (Å²) >= 11 is 0. The minimum absolute atomic E-state index is 0.121. The van der Waals surface area contributed by atoms with E-state index in [2.05, 4.69) is 5.32 Å². The van der Waals surface area contributed by atoms with E-state index >= 15 is 0 Å². The lowest BCUT2D eigenvalue weighted by atomic mass is 9.95. The van der Waals surface area contributed by atoms with Crippen molar-refractivity contribution in [2.24, 2.45) is 0 Å². The summed E-state index contributed by atoms with van der Waals surface area (Å²) in [5.41, 5.74) is 1.45. The normalized spacial score (nSPS) is 15.0. The van der Waals surface area contributed by atoms with Crippen molar-refractivity contribution in [2.45, 2.75) is 70.5 Å². The molecule has 2 aromatic carbocycles. The Morgan fingerprint density at radius 3 is 2.27 bits per heavy atom. The Morgan fingerprint density at radius 2 is 1.68 bits per heavy atom. The second kappa shape index (κ2) is 13.5. The smallest absolute Gasteiger partial charge is 0.242 e. The average molecular weight is 530 g/mol. The highest BCUT2D eigenvalue weighted by atomic mass is 32.2. The molecule has 1 fully saturated rings. The predicted molar refractivity (Wildman–Crippen MR) is 146 cm³/mol. The first kappa shape index (κ1) is 28.5. The number of benzene rings is 2. The summed E-state index contributed by atoms with van der Waals surface area (Å²) in [4.78, 5) is 28.1. The van der Waals surface area contributed by atoms with Crippen LogP contribution in [0, 0.1) is 0 Å². The van der Waals surface area contributed by atoms with Gasteiger partial charge in [-0.2, -0.15) is 0 Å². The highest BCUT2D eigenvalue weighted by Crippen LogP contribution is 2.23. The second-order valence-corrected chi connectivity index (χ2v) is 11.6. The first-order valence-corrected chi connectivity index (χ1v) is 14.8. The van der Waals surface area contributed by atoms with Crippen molar-refractivity contribution in [1.29, 1.82) is 0 Å². The zero-order valence-corrected chi connectivity index (χ0v) is 22.9. The van der Waals surface area contributed by atoms with Gasteiger partial charge in [-0.15, -0.1) is 0 Å². The molecule has 9 heteroatoms. The van der Waals surface area contributed by atoms with Crippen LogP contribution in [-0.2, 0) is 26.2 Å². The Kier molecular flexibility index (Phi) is 10.4. The average Bonchev–Trinajstić information content (AvgIpc) is 2.90. The molecule has 1 aliphatic carbocycles. The lowest BCUT2D eigenvalue weighted by Crippen LogP contribution is -2.50. The number of carbonyl (C=O) groups excluding carboxylic acids is 2. The van der Waals surface area contributed by atoms with Crippen molar-refractivity contribution in [3.8, 4) is 5.75 Å². The molecule has 1 saturated carbocycles. The quantitative estimate of drug-likeness (QED) is 0.447. The molecule has 2 aromatic rings. The number of rotatable bonds is 12. The summed E-state index contributed by atoms with van der Waals surface area (Å²) in [6.07, 6.45) is 6.94. The Hall–Kier alpha value is -3.07. The van der Waals surface area contributed by atoms with Crippen molar-refractivity contribution in [3.63, 3.8) is 0 Å². The van der Waals surface area contributed by atoms with Crippen molar-refractivity contribution in [1.82, 2.24) is 10.2 Å². The molecule has 1 unspecified atom stereocenters. The summed E-state index contributed by atoms with van der Waals surface area (Å²) in [6, 6.07) is 15.9. The van der Waals surface area contributed by atoms with E-state index in [1.54, 1.807) is 43.2 Å². The van der Waals surface area contributed by atoms with Crippen LogP contribution in [0.25, 0.3) is 0 Å². The summed E-state index contributed by atoms with van der Waals surface area (Å²) < 4.78 is 31.4. The maximum Gasteiger partial charge on any atom is 0.242 e. The Bertz CT molecular complexity index is 1120. The van der Waals surface area contributed by atoms with Crippen LogP contribution >= 0.6 is 0 Å². The van der Waals surface area contributed by atoms with E-state index < -0.39 is 16.1 Å². The summed E-state index contributed by atoms with van der Waals surface area (Å²) in [6.45, 7) is 2.23. The number of nitrogens with zero attached hydrogens (tertiary/aromatic N) is 2. The first-order chi connectivity index (χ1) is 17.7. The van der Waals surface area contributed by atoms with E-state index in [-0.39, 0.29) is 30.8 Å². The van der Waals surface area contributed by atoms with Gasteiger partial charge in [0.1, 0.15) is 11.8 Å². The van der Waals surface area contributed by atoms with Crippen LogP contribution in [0.3, 0.4) is 0 Å². The van der Waals surface area contributed by atoms with Gasteiger partial charge in [0.25, 0.3) is 0 Å². The van der Waals surface area contributed by atoms with Crippen LogP contribution in [0.4, 0.5) is 5.69 Å². The Morgan fingerprint density at radius 1 is 1.03 bits per heavy atom. The molecule has 8 nitrogen and oxygen atoms in total. The second-order valence-electron chi connectivity index (χ2n) is 9.66. The third-order valence-electron chi connectivity index (χ3n) is 6.83. The first-order valence-electron chi connectivity index (χ1n) is 12.9. The van der Waals surface area contributed by atoms with Gasteiger partial charge in [-0.1, -0.05) is 49.6 Å². The molecule has 202 valence electrons. The summed E-state index contributed by atoms with van der Waals surface area (Å²) in [5.74, 6) is 0.301. The molecule has 37 heavy (non-hydrogen) atoms. The minimum Gasteiger partial charge on any atom is -0.497 e. The molecule has 0 saturated heterocycles. The molecular weight excluding hydrogens is 490 g/mol. The van der Waals surface area contributed by atoms with Crippen LogP contribution < -0.4 is 14.4 Å². The number of methoxy groups -OCH3 is 1. The molecule has 0 aromatic heterocycles. The van der Waals surface area contributed by atoms with Crippen LogP contribution in [-0.4, -0.2) is 57.1 Å². The fourth-order valence-electron chi connectivity index (χ4n) is 4.68. The maximum absolute atomic E-state index is 13.4. The maximum atomic E-state index is 13.4. The molecule has 1 N–H and O–H groups in total. The predicted octanol–water partition coefficient (Wildman–Crippen LogP) is 4.11. The SMILES string of the molecule is COc1ccc(N(CCCC(=O)N(Cc2ccccc2)C(C)C(=O)NC2CCCCC2)S(C)(=O)=O)cc1. The van der Waals surface area contributed by atoms with Crippen molar-refractivity contribution in [3.05, 3.63) is 60.2 Å². The number of sulfonamides is 1. The highest BCUT2D eigenvalue weighted by Gasteiger charge is 2.28. The monoisotopic (exact) mass is 529 g/mol. The zero-order valence-electron chi connectivity index (χ0n) is 22.1. The van der Waals surface area contributed by atoms with Crippen LogP contribution in [0.5, 0.6) is 5.75 Å². The van der Waals surface area contributed by atoms with E-state index in [0.717, 1.165) is 37.5 Å².